The number of rotatable bonds is 4. The van der Waals surface area contributed by atoms with Gasteiger partial charge < -0.3 is 15.1 Å². The molecule has 1 aromatic rings. The van der Waals surface area contributed by atoms with Gasteiger partial charge in [0.1, 0.15) is 10.7 Å². The van der Waals surface area contributed by atoms with Gasteiger partial charge in [-0.25, -0.2) is 8.42 Å². The number of carbonyl (C=O) groups excluding carboxylic acids is 1. The molecule has 1 aromatic heterocycles. The predicted molar refractivity (Wildman–Crippen MR) is 84.8 cm³/mol. The number of nitrogens with zero attached hydrogens (tertiary/aromatic N) is 1. The van der Waals surface area contributed by atoms with E-state index < -0.39 is 10.0 Å². The lowest BCUT2D eigenvalue weighted by molar-refractivity contribution is 0.0901. The molecule has 128 valence electrons. The van der Waals surface area contributed by atoms with Crippen LogP contribution >= 0.6 is 0 Å². The molecular weight excluding hydrogens is 318 g/mol. The first kappa shape index (κ1) is 16.5. The molecule has 3 rings (SSSR count). The van der Waals surface area contributed by atoms with Crippen molar-refractivity contribution in [2.24, 2.45) is 0 Å². The average molecular weight is 341 g/mol. The van der Waals surface area contributed by atoms with E-state index in [4.69, 9.17) is 4.42 Å². The lowest BCUT2D eigenvalue weighted by Gasteiger charge is -2.23. The van der Waals surface area contributed by atoms with Gasteiger partial charge in [-0.1, -0.05) is 0 Å². The molecular formula is C15H23N3O4S. The molecule has 0 saturated carbocycles. The molecule has 2 aliphatic heterocycles. The van der Waals surface area contributed by atoms with Crippen molar-refractivity contribution in [1.29, 1.82) is 0 Å². The van der Waals surface area contributed by atoms with E-state index in [0.29, 0.717) is 13.1 Å². The highest BCUT2D eigenvalue weighted by molar-refractivity contribution is 7.89. The zero-order valence-electron chi connectivity index (χ0n) is 13.3. The molecule has 2 N–H and O–H groups in total. The van der Waals surface area contributed by atoms with Gasteiger partial charge in [-0.3, -0.25) is 4.79 Å². The first-order valence-corrected chi connectivity index (χ1v) is 9.54. The van der Waals surface area contributed by atoms with Gasteiger partial charge in [-0.2, -0.15) is 4.31 Å². The summed E-state index contributed by atoms with van der Waals surface area (Å²) < 4.78 is 32.1. The summed E-state index contributed by atoms with van der Waals surface area (Å²) in [5.41, 5.74) is 0. The minimum atomic E-state index is -3.57. The predicted octanol–water partition coefficient (Wildman–Crippen LogP) is 0.854. The molecule has 0 unspecified atom stereocenters. The molecule has 0 aliphatic carbocycles. The molecule has 0 aromatic carbocycles. The van der Waals surface area contributed by atoms with E-state index in [1.54, 1.807) is 6.92 Å². The van der Waals surface area contributed by atoms with Crippen LogP contribution in [-0.2, 0) is 10.0 Å². The first-order chi connectivity index (χ1) is 11.0. The van der Waals surface area contributed by atoms with Gasteiger partial charge in [-0.05, 0) is 39.2 Å². The Kier molecular flexibility index (Phi) is 4.74. The van der Waals surface area contributed by atoms with Crippen molar-refractivity contribution < 1.29 is 17.6 Å². The van der Waals surface area contributed by atoms with E-state index in [2.05, 4.69) is 10.6 Å². The van der Waals surface area contributed by atoms with Crippen LogP contribution in [0.15, 0.2) is 15.4 Å². The summed E-state index contributed by atoms with van der Waals surface area (Å²) in [5, 5.41) is 6.11. The summed E-state index contributed by atoms with van der Waals surface area (Å²) in [6.45, 7) is 4.33. The zero-order valence-corrected chi connectivity index (χ0v) is 14.1. The minimum Gasteiger partial charge on any atom is -0.455 e. The SMILES string of the molecule is Cc1oc(C(=O)N[C@H]2CCCNC2)cc1S(=O)(=O)N1CCCC1. The number of nitrogens with one attached hydrogen (secondary N) is 2. The fourth-order valence-electron chi connectivity index (χ4n) is 3.13. The highest BCUT2D eigenvalue weighted by Crippen LogP contribution is 2.26. The number of hydrogen-bond acceptors (Lipinski definition) is 5. The molecule has 3 heterocycles. The minimum absolute atomic E-state index is 0.0558. The Morgan fingerprint density at radius 2 is 2.09 bits per heavy atom. The molecule has 1 amide bonds. The Labute approximate surface area is 136 Å². The van der Waals surface area contributed by atoms with Gasteiger partial charge in [0.15, 0.2) is 5.76 Å². The number of aryl methyl sites for hydroxylation is 1. The fraction of sp³-hybridized carbons (Fsp3) is 0.667. The molecule has 2 aliphatic rings. The van der Waals surface area contributed by atoms with Crippen LogP contribution < -0.4 is 10.6 Å². The van der Waals surface area contributed by atoms with Crippen molar-refractivity contribution in [2.75, 3.05) is 26.2 Å². The van der Waals surface area contributed by atoms with Crippen LogP contribution in [-0.4, -0.2) is 50.9 Å². The van der Waals surface area contributed by atoms with E-state index in [-0.39, 0.29) is 28.4 Å². The molecule has 0 spiro atoms. The van der Waals surface area contributed by atoms with E-state index in [0.717, 1.165) is 38.8 Å². The summed E-state index contributed by atoms with van der Waals surface area (Å²) in [6.07, 6.45) is 3.67. The summed E-state index contributed by atoms with van der Waals surface area (Å²) >= 11 is 0. The van der Waals surface area contributed by atoms with Gasteiger partial charge in [0.05, 0.1) is 0 Å². The van der Waals surface area contributed by atoms with E-state index in [1.807, 2.05) is 0 Å². The van der Waals surface area contributed by atoms with Gasteiger partial charge in [0.2, 0.25) is 10.0 Å². The second-order valence-corrected chi connectivity index (χ2v) is 8.07. The maximum Gasteiger partial charge on any atom is 0.287 e. The summed E-state index contributed by atoms with van der Waals surface area (Å²) in [4.78, 5) is 12.4. The molecule has 23 heavy (non-hydrogen) atoms. The smallest absolute Gasteiger partial charge is 0.287 e. The second kappa shape index (κ2) is 6.62. The Morgan fingerprint density at radius 1 is 1.35 bits per heavy atom. The quantitative estimate of drug-likeness (QED) is 0.847. The lowest BCUT2D eigenvalue weighted by atomic mass is 10.1. The maximum absolute atomic E-state index is 12.6. The Morgan fingerprint density at radius 3 is 2.74 bits per heavy atom. The third-order valence-corrected chi connectivity index (χ3v) is 6.42. The van der Waals surface area contributed by atoms with Gasteiger partial charge in [-0.15, -0.1) is 0 Å². The second-order valence-electron chi connectivity index (χ2n) is 6.16. The van der Waals surface area contributed by atoms with Crippen molar-refractivity contribution >= 4 is 15.9 Å². The van der Waals surface area contributed by atoms with Crippen LogP contribution in [0.1, 0.15) is 42.0 Å². The number of carbonyl (C=O) groups is 1. The first-order valence-electron chi connectivity index (χ1n) is 8.10. The van der Waals surface area contributed by atoms with Crippen molar-refractivity contribution in [3.05, 3.63) is 17.6 Å². The fourth-order valence-corrected chi connectivity index (χ4v) is 4.81. The zero-order chi connectivity index (χ0) is 16.4. The largest absolute Gasteiger partial charge is 0.455 e. The van der Waals surface area contributed by atoms with Gasteiger partial charge >= 0.3 is 0 Å². The van der Waals surface area contributed by atoms with Crippen molar-refractivity contribution in [3.8, 4) is 0 Å². The third-order valence-electron chi connectivity index (χ3n) is 4.41. The number of hydrogen-bond donors (Lipinski definition) is 2. The van der Waals surface area contributed by atoms with Gasteiger partial charge in [0.25, 0.3) is 5.91 Å². The highest BCUT2D eigenvalue weighted by Gasteiger charge is 2.32. The number of piperidine rings is 1. The van der Waals surface area contributed by atoms with E-state index >= 15 is 0 Å². The molecule has 1 atom stereocenters. The standard InChI is InChI=1S/C15H23N3O4S/c1-11-14(23(20,21)18-7-2-3-8-18)9-13(22-11)15(19)17-12-5-4-6-16-10-12/h9,12,16H,2-8,10H2,1H3,(H,17,19)/t12-/m0/s1. The van der Waals surface area contributed by atoms with Crippen molar-refractivity contribution in [3.63, 3.8) is 0 Å². The maximum atomic E-state index is 12.6. The number of furan rings is 1. The Bertz CT molecular complexity index is 671. The summed E-state index contributed by atoms with van der Waals surface area (Å²) in [5.74, 6) is -0.0284. The molecule has 2 fully saturated rings. The van der Waals surface area contributed by atoms with E-state index in [1.165, 1.54) is 10.4 Å². The number of amides is 1. The molecule has 7 nitrogen and oxygen atoms in total. The molecule has 8 heteroatoms. The normalized spacial score (nSPS) is 23.1. The van der Waals surface area contributed by atoms with Crippen LogP contribution in [0.3, 0.4) is 0 Å². The molecule has 2 saturated heterocycles. The lowest BCUT2D eigenvalue weighted by Crippen LogP contribution is -2.45. The highest BCUT2D eigenvalue weighted by atomic mass is 32.2. The van der Waals surface area contributed by atoms with Gasteiger partial charge in [0, 0.05) is 31.7 Å². The summed E-state index contributed by atoms with van der Waals surface area (Å²) in [7, 11) is -3.57. The monoisotopic (exact) mass is 341 g/mol. The third kappa shape index (κ3) is 3.44. The van der Waals surface area contributed by atoms with Crippen LogP contribution in [0.2, 0.25) is 0 Å². The summed E-state index contributed by atoms with van der Waals surface area (Å²) in [6, 6.07) is 1.41. The number of sulfonamides is 1. The van der Waals surface area contributed by atoms with Crippen molar-refractivity contribution in [2.45, 2.75) is 43.5 Å². The molecule has 0 radical (unpaired) electrons. The van der Waals surface area contributed by atoms with Crippen LogP contribution in [0.4, 0.5) is 0 Å². The average Bonchev–Trinajstić information content (AvgIpc) is 3.18. The Hall–Kier alpha value is -1.38. The van der Waals surface area contributed by atoms with E-state index in [9.17, 15) is 13.2 Å². The molecule has 0 bridgehead atoms. The van der Waals surface area contributed by atoms with Crippen molar-refractivity contribution in [1.82, 2.24) is 14.9 Å². The Balaban J connectivity index is 1.76. The van der Waals surface area contributed by atoms with Crippen LogP contribution in [0.25, 0.3) is 0 Å². The topological polar surface area (TPSA) is 91.6 Å². The van der Waals surface area contributed by atoms with Crippen LogP contribution in [0, 0.1) is 6.92 Å². The van der Waals surface area contributed by atoms with Crippen LogP contribution in [0.5, 0.6) is 0 Å².